The number of sulfonamides is 1. The van der Waals surface area contributed by atoms with Gasteiger partial charge in [0.1, 0.15) is 0 Å². The Morgan fingerprint density at radius 2 is 2.00 bits per heavy atom. The van der Waals surface area contributed by atoms with E-state index in [1.54, 1.807) is 29.4 Å². The molecule has 1 aliphatic rings. The van der Waals surface area contributed by atoms with Gasteiger partial charge in [-0.05, 0) is 42.9 Å². The Morgan fingerprint density at radius 1 is 1.35 bits per heavy atom. The van der Waals surface area contributed by atoms with Crippen LogP contribution in [-0.2, 0) is 16.6 Å². The summed E-state index contributed by atoms with van der Waals surface area (Å²) in [6.45, 7) is 6.24. The topological polar surface area (TPSA) is 57.6 Å². The molecule has 0 atom stereocenters. The van der Waals surface area contributed by atoms with Crippen molar-refractivity contribution in [3.8, 4) is 0 Å². The Labute approximate surface area is 121 Å². The summed E-state index contributed by atoms with van der Waals surface area (Å²) in [4.78, 5) is 0.330. The molecule has 0 aliphatic heterocycles. The molecule has 112 valence electrons. The van der Waals surface area contributed by atoms with Crippen LogP contribution in [0.4, 0.5) is 0 Å². The maximum Gasteiger partial charge on any atom is 0.243 e. The van der Waals surface area contributed by atoms with E-state index in [-0.39, 0.29) is 12.6 Å². The van der Waals surface area contributed by atoms with Crippen LogP contribution in [0.15, 0.2) is 23.1 Å². The average Bonchev–Trinajstić information content (AvgIpc) is 3.19. The van der Waals surface area contributed by atoms with Crippen molar-refractivity contribution in [1.82, 2.24) is 4.31 Å². The summed E-state index contributed by atoms with van der Waals surface area (Å²) in [7, 11) is -3.47. The van der Waals surface area contributed by atoms with Crippen molar-refractivity contribution in [3.63, 3.8) is 0 Å². The van der Waals surface area contributed by atoms with E-state index >= 15 is 0 Å². The van der Waals surface area contributed by atoms with Gasteiger partial charge in [-0.2, -0.15) is 4.31 Å². The van der Waals surface area contributed by atoms with Crippen molar-refractivity contribution in [1.29, 1.82) is 0 Å². The van der Waals surface area contributed by atoms with Crippen LogP contribution < -0.4 is 0 Å². The fourth-order valence-electron chi connectivity index (χ4n) is 2.40. The molecule has 0 heterocycles. The number of rotatable bonds is 6. The van der Waals surface area contributed by atoms with Crippen LogP contribution in [0.25, 0.3) is 0 Å². The quantitative estimate of drug-likeness (QED) is 0.876. The molecular formula is C15H23NO3S. The lowest BCUT2D eigenvalue weighted by Crippen LogP contribution is -2.36. The highest BCUT2D eigenvalue weighted by atomic mass is 32.2. The largest absolute Gasteiger partial charge is 0.392 e. The first-order valence-electron chi connectivity index (χ1n) is 7.09. The highest BCUT2D eigenvalue weighted by Gasteiger charge is 2.38. The number of aliphatic hydroxyl groups excluding tert-OH is 1. The minimum absolute atomic E-state index is 0.136. The molecule has 0 saturated heterocycles. The Hall–Kier alpha value is -0.910. The molecule has 0 amide bonds. The summed E-state index contributed by atoms with van der Waals surface area (Å²) >= 11 is 0. The third-order valence-electron chi connectivity index (χ3n) is 3.65. The molecule has 1 aliphatic carbocycles. The van der Waals surface area contributed by atoms with Gasteiger partial charge in [-0.1, -0.05) is 26.0 Å². The molecule has 1 aromatic rings. The second-order valence-corrected chi connectivity index (χ2v) is 7.76. The number of aliphatic hydroxyl groups is 1. The molecule has 0 aromatic heterocycles. The average molecular weight is 297 g/mol. The van der Waals surface area contributed by atoms with Crippen molar-refractivity contribution >= 4 is 10.0 Å². The van der Waals surface area contributed by atoms with Gasteiger partial charge in [0.15, 0.2) is 0 Å². The zero-order valence-corrected chi connectivity index (χ0v) is 13.2. The minimum Gasteiger partial charge on any atom is -0.392 e. The lowest BCUT2D eigenvalue weighted by Gasteiger charge is -2.25. The number of nitrogens with zero attached hydrogens (tertiary/aromatic N) is 1. The molecular weight excluding hydrogens is 274 g/mol. The smallest absolute Gasteiger partial charge is 0.243 e. The summed E-state index contributed by atoms with van der Waals surface area (Å²) in [6.07, 6.45) is 1.90. The van der Waals surface area contributed by atoms with E-state index in [0.29, 0.717) is 28.5 Å². The van der Waals surface area contributed by atoms with Gasteiger partial charge in [-0.3, -0.25) is 0 Å². The van der Waals surface area contributed by atoms with Crippen molar-refractivity contribution < 1.29 is 13.5 Å². The molecule has 1 N–H and O–H groups in total. The van der Waals surface area contributed by atoms with Gasteiger partial charge < -0.3 is 5.11 Å². The standard InChI is InChI=1S/C15H23NO3S/c1-11(2)9-16(14-7-8-14)20(18,19)15-6-4-5-13(10-17)12(15)3/h4-6,11,14,17H,7-10H2,1-3H3. The minimum atomic E-state index is -3.47. The van der Waals surface area contributed by atoms with Crippen molar-refractivity contribution in [2.45, 2.75) is 51.2 Å². The van der Waals surface area contributed by atoms with Crippen LogP contribution >= 0.6 is 0 Å². The fourth-order valence-corrected chi connectivity index (χ4v) is 4.52. The second-order valence-electron chi connectivity index (χ2n) is 5.90. The fraction of sp³-hybridized carbons (Fsp3) is 0.600. The zero-order chi connectivity index (χ0) is 14.9. The van der Waals surface area contributed by atoms with Gasteiger partial charge in [0.05, 0.1) is 11.5 Å². The normalized spacial score (nSPS) is 16.1. The van der Waals surface area contributed by atoms with Gasteiger partial charge >= 0.3 is 0 Å². The molecule has 0 spiro atoms. The molecule has 0 bridgehead atoms. The van der Waals surface area contributed by atoms with Gasteiger partial charge in [0, 0.05) is 12.6 Å². The maximum absolute atomic E-state index is 12.9. The second kappa shape index (κ2) is 5.84. The molecule has 0 radical (unpaired) electrons. The van der Waals surface area contributed by atoms with E-state index in [1.165, 1.54) is 0 Å². The maximum atomic E-state index is 12.9. The molecule has 4 nitrogen and oxygen atoms in total. The molecule has 0 unspecified atom stereocenters. The first-order valence-corrected chi connectivity index (χ1v) is 8.53. The van der Waals surface area contributed by atoms with E-state index in [1.807, 2.05) is 13.8 Å². The van der Waals surface area contributed by atoms with Gasteiger partial charge in [0.2, 0.25) is 10.0 Å². The predicted octanol–water partition coefficient (Wildman–Crippen LogP) is 2.30. The number of hydrogen-bond acceptors (Lipinski definition) is 3. The summed E-state index contributed by atoms with van der Waals surface area (Å²) in [6, 6.07) is 5.25. The predicted molar refractivity (Wildman–Crippen MR) is 78.9 cm³/mol. The molecule has 1 aromatic carbocycles. The first kappa shape index (κ1) is 15.5. The van der Waals surface area contributed by atoms with E-state index in [4.69, 9.17) is 0 Å². The van der Waals surface area contributed by atoms with Crippen LogP contribution in [0.5, 0.6) is 0 Å². The number of benzene rings is 1. The lowest BCUT2D eigenvalue weighted by atomic mass is 10.1. The van der Waals surface area contributed by atoms with Crippen molar-refractivity contribution in [3.05, 3.63) is 29.3 Å². The Kier molecular flexibility index (Phi) is 4.52. The highest BCUT2D eigenvalue weighted by Crippen LogP contribution is 2.34. The van der Waals surface area contributed by atoms with Crippen LogP contribution in [0.2, 0.25) is 0 Å². The Bertz CT molecular complexity index is 577. The van der Waals surface area contributed by atoms with Crippen LogP contribution in [-0.4, -0.2) is 30.4 Å². The summed E-state index contributed by atoms with van der Waals surface area (Å²) in [5, 5.41) is 9.31. The van der Waals surface area contributed by atoms with E-state index in [9.17, 15) is 13.5 Å². The van der Waals surface area contributed by atoms with Gasteiger partial charge in [-0.25, -0.2) is 8.42 Å². The summed E-state index contributed by atoms with van der Waals surface area (Å²) in [5.41, 5.74) is 1.33. The Morgan fingerprint density at radius 3 is 2.50 bits per heavy atom. The van der Waals surface area contributed by atoms with Crippen molar-refractivity contribution in [2.75, 3.05) is 6.54 Å². The van der Waals surface area contributed by atoms with Crippen LogP contribution in [0, 0.1) is 12.8 Å². The zero-order valence-electron chi connectivity index (χ0n) is 12.3. The number of hydrogen-bond donors (Lipinski definition) is 1. The Balaban J connectivity index is 2.42. The molecule has 20 heavy (non-hydrogen) atoms. The van der Waals surface area contributed by atoms with Crippen LogP contribution in [0.1, 0.15) is 37.8 Å². The summed E-state index contributed by atoms with van der Waals surface area (Å²) in [5.74, 6) is 0.298. The SMILES string of the molecule is Cc1c(CO)cccc1S(=O)(=O)N(CC(C)C)C1CC1. The van der Waals surface area contributed by atoms with E-state index in [2.05, 4.69) is 0 Å². The summed E-state index contributed by atoms with van der Waals surface area (Å²) < 4.78 is 27.4. The van der Waals surface area contributed by atoms with Gasteiger partial charge in [-0.15, -0.1) is 0 Å². The highest BCUT2D eigenvalue weighted by molar-refractivity contribution is 7.89. The molecule has 1 fully saturated rings. The molecule has 2 rings (SSSR count). The first-order chi connectivity index (χ1) is 9.37. The van der Waals surface area contributed by atoms with E-state index in [0.717, 1.165) is 12.8 Å². The lowest BCUT2D eigenvalue weighted by molar-refractivity contribution is 0.280. The molecule has 5 heteroatoms. The van der Waals surface area contributed by atoms with Crippen molar-refractivity contribution in [2.24, 2.45) is 5.92 Å². The van der Waals surface area contributed by atoms with Gasteiger partial charge in [0.25, 0.3) is 0 Å². The van der Waals surface area contributed by atoms with E-state index < -0.39 is 10.0 Å². The molecule has 1 saturated carbocycles. The monoisotopic (exact) mass is 297 g/mol. The third kappa shape index (κ3) is 3.05. The third-order valence-corrected chi connectivity index (χ3v) is 5.72. The van der Waals surface area contributed by atoms with Crippen LogP contribution in [0.3, 0.4) is 0 Å².